The number of nitrogens with one attached hydrogen (secondary N) is 1. The molecule has 0 radical (unpaired) electrons. The average molecular weight is 255 g/mol. The van der Waals surface area contributed by atoms with Crippen LogP contribution in [0.15, 0.2) is 12.1 Å². The fraction of sp³-hybridized carbons (Fsp3) is 0.571. The van der Waals surface area contributed by atoms with E-state index >= 15 is 0 Å². The minimum Gasteiger partial charge on any atom is -0.398 e. The second-order valence-electron chi connectivity index (χ2n) is 4.98. The van der Waals surface area contributed by atoms with Crippen LogP contribution in [0.1, 0.15) is 39.2 Å². The summed E-state index contributed by atoms with van der Waals surface area (Å²) in [5.41, 5.74) is 8.63. The van der Waals surface area contributed by atoms with Gasteiger partial charge in [0.2, 0.25) is 0 Å². The average Bonchev–Trinajstić information content (AvgIpc) is 2.25. The van der Waals surface area contributed by atoms with E-state index in [4.69, 9.17) is 17.3 Å². The maximum Gasteiger partial charge on any atom is 0.0656 e. The summed E-state index contributed by atoms with van der Waals surface area (Å²) < 4.78 is 0. The molecule has 0 amide bonds. The fourth-order valence-electron chi connectivity index (χ4n) is 1.95. The summed E-state index contributed by atoms with van der Waals surface area (Å²) in [6.07, 6.45) is 2.38. The van der Waals surface area contributed by atoms with Crippen molar-refractivity contribution in [1.82, 2.24) is 0 Å². The predicted octanol–water partition coefficient (Wildman–Crippen LogP) is 4.47. The van der Waals surface area contributed by atoms with E-state index in [-0.39, 0.29) is 0 Å². The fourth-order valence-corrected chi connectivity index (χ4v) is 2.12. The van der Waals surface area contributed by atoms with Crippen molar-refractivity contribution in [2.75, 3.05) is 11.1 Å². The van der Waals surface area contributed by atoms with Crippen LogP contribution in [0.25, 0.3) is 0 Å². The van der Waals surface area contributed by atoms with E-state index in [9.17, 15) is 0 Å². The van der Waals surface area contributed by atoms with Gasteiger partial charge in [-0.05, 0) is 43.9 Å². The van der Waals surface area contributed by atoms with Gasteiger partial charge in [0.15, 0.2) is 0 Å². The third kappa shape index (κ3) is 4.12. The number of hydrogen-bond acceptors (Lipinski definition) is 2. The quantitative estimate of drug-likeness (QED) is 0.761. The lowest BCUT2D eigenvalue weighted by atomic mass is 10.00. The van der Waals surface area contributed by atoms with Crippen molar-refractivity contribution in [3.05, 3.63) is 22.7 Å². The lowest BCUT2D eigenvalue weighted by molar-refractivity contribution is 0.483. The van der Waals surface area contributed by atoms with Crippen molar-refractivity contribution in [2.45, 2.75) is 46.6 Å². The highest BCUT2D eigenvalue weighted by atomic mass is 35.5. The molecule has 3 heteroatoms. The molecule has 0 fully saturated rings. The molecule has 17 heavy (non-hydrogen) atoms. The highest BCUT2D eigenvalue weighted by Gasteiger charge is 2.09. The molecule has 0 saturated heterocycles. The maximum absolute atomic E-state index is 6.04. The minimum atomic E-state index is 0.448. The molecule has 0 bridgehead atoms. The van der Waals surface area contributed by atoms with Gasteiger partial charge in [-0.2, -0.15) is 0 Å². The van der Waals surface area contributed by atoms with Gasteiger partial charge in [0.1, 0.15) is 0 Å². The lowest BCUT2D eigenvalue weighted by Crippen LogP contribution is -2.18. The summed E-state index contributed by atoms with van der Waals surface area (Å²) >= 11 is 6.04. The van der Waals surface area contributed by atoms with E-state index in [1.807, 2.05) is 19.1 Å². The highest BCUT2D eigenvalue weighted by Crippen LogP contribution is 2.27. The minimum absolute atomic E-state index is 0.448. The summed E-state index contributed by atoms with van der Waals surface area (Å²) in [5, 5.41) is 4.12. The molecular weight excluding hydrogens is 232 g/mol. The molecule has 0 aliphatic carbocycles. The van der Waals surface area contributed by atoms with Crippen molar-refractivity contribution < 1.29 is 0 Å². The number of benzene rings is 1. The van der Waals surface area contributed by atoms with Crippen LogP contribution in [-0.4, -0.2) is 6.04 Å². The number of rotatable bonds is 5. The molecule has 0 saturated carbocycles. The molecule has 1 aromatic rings. The van der Waals surface area contributed by atoms with Crippen molar-refractivity contribution in [2.24, 2.45) is 5.92 Å². The third-order valence-electron chi connectivity index (χ3n) is 3.20. The zero-order chi connectivity index (χ0) is 13.0. The van der Waals surface area contributed by atoms with Gasteiger partial charge >= 0.3 is 0 Å². The Morgan fingerprint density at radius 1 is 1.35 bits per heavy atom. The van der Waals surface area contributed by atoms with Crippen molar-refractivity contribution in [3.8, 4) is 0 Å². The molecule has 2 atom stereocenters. The van der Waals surface area contributed by atoms with Crippen molar-refractivity contribution >= 4 is 23.0 Å². The summed E-state index contributed by atoms with van der Waals surface area (Å²) in [5.74, 6) is 0.738. The first-order valence-corrected chi connectivity index (χ1v) is 6.64. The zero-order valence-electron chi connectivity index (χ0n) is 11.2. The Bertz CT molecular complexity index is 377. The molecule has 0 aromatic heterocycles. The Balaban J connectivity index is 2.71. The monoisotopic (exact) mass is 254 g/mol. The van der Waals surface area contributed by atoms with E-state index in [0.29, 0.717) is 16.8 Å². The molecule has 2 unspecified atom stereocenters. The highest BCUT2D eigenvalue weighted by molar-refractivity contribution is 6.33. The third-order valence-corrected chi connectivity index (χ3v) is 3.53. The summed E-state index contributed by atoms with van der Waals surface area (Å²) in [4.78, 5) is 0. The Morgan fingerprint density at radius 2 is 2.00 bits per heavy atom. The van der Waals surface area contributed by atoms with Gasteiger partial charge in [0.05, 0.1) is 10.7 Å². The van der Waals surface area contributed by atoms with Crippen LogP contribution in [0.2, 0.25) is 5.02 Å². The number of aryl methyl sites for hydroxylation is 1. The van der Waals surface area contributed by atoms with Gasteiger partial charge in [-0.1, -0.05) is 31.9 Å². The zero-order valence-corrected chi connectivity index (χ0v) is 11.9. The van der Waals surface area contributed by atoms with Crippen LogP contribution < -0.4 is 11.1 Å². The van der Waals surface area contributed by atoms with Crippen LogP contribution >= 0.6 is 11.6 Å². The van der Waals surface area contributed by atoms with E-state index in [2.05, 4.69) is 26.1 Å². The van der Waals surface area contributed by atoms with Gasteiger partial charge in [-0.15, -0.1) is 0 Å². The molecule has 0 heterocycles. The van der Waals surface area contributed by atoms with Crippen molar-refractivity contribution in [3.63, 3.8) is 0 Å². The predicted molar refractivity (Wildman–Crippen MR) is 77.8 cm³/mol. The van der Waals surface area contributed by atoms with E-state index in [1.165, 1.54) is 6.42 Å². The first-order chi connectivity index (χ1) is 7.93. The normalized spacial score (nSPS) is 14.4. The SMILES string of the molecule is CCC(C)CC(C)Nc1cc(Cl)c(N)cc1C. The second-order valence-corrected chi connectivity index (χ2v) is 5.39. The van der Waals surface area contributed by atoms with Crippen LogP contribution in [-0.2, 0) is 0 Å². The molecule has 0 spiro atoms. The van der Waals surface area contributed by atoms with Gasteiger partial charge in [0, 0.05) is 11.7 Å². The lowest BCUT2D eigenvalue weighted by Gasteiger charge is -2.20. The number of hydrogen-bond donors (Lipinski definition) is 2. The molecule has 3 N–H and O–H groups in total. The maximum atomic E-state index is 6.04. The van der Waals surface area contributed by atoms with Gasteiger partial charge in [-0.25, -0.2) is 0 Å². The number of nitrogens with two attached hydrogens (primary N) is 1. The Morgan fingerprint density at radius 3 is 2.59 bits per heavy atom. The summed E-state index contributed by atoms with van der Waals surface area (Å²) in [7, 11) is 0. The Kier molecular flexibility index (Phi) is 5.13. The second kappa shape index (κ2) is 6.15. The van der Waals surface area contributed by atoms with Gasteiger partial charge in [0.25, 0.3) is 0 Å². The van der Waals surface area contributed by atoms with Crippen LogP contribution in [0.3, 0.4) is 0 Å². The van der Waals surface area contributed by atoms with Gasteiger partial charge < -0.3 is 11.1 Å². The molecular formula is C14H23ClN2. The smallest absolute Gasteiger partial charge is 0.0656 e. The molecule has 1 aromatic carbocycles. The first kappa shape index (κ1) is 14.2. The number of halogens is 1. The number of nitrogen functional groups attached to an aromatic ring is 1. The van der Waals surface area contributed by atoms with Crippen LogP contribution in [0.4, 0.5) is 11.4 Å². The molecule has 1 rings (SSSR count). The van der Waals surface area contributed by atoms with E-state index in [1.54, 1.807) is 0 Å². The van der Waals surface area contributed by atoms with E-state index in [0.717, 1.165) is 23.6 Å². The topological polar surface area (TPSA) is 38.0 Å². The first-order valence-electron chi connectivity index (χ1n) is 6.26. The van der Waals surface area contributed by atoms with Crippen LogP contribution in [0.5, 0.6) is 0 Å². The largest absolute Gasteiger partial charge is 0.398 e. The van der Waals surface area contributed by atoms with Crippen molar-refractivity contribution in [1.29, 1.82) is 0 Å². The summed E-state index contributed by atoms with van der Waals surface area (Å²) in [6.45, 7) is 8.75. The molecule has 2 nitrogen and oxygen atoms in total. The van der Waals surface area contributed by atoms with Gasteiger partial charge in [-0.3, -0.25) is 0 Å². The molecule has 0 aliphatic heterocycles. The molecule has 96 valence electrons. The molecule has 0 aliphatic rings. The van der Waals surface area contributed by atoms with Crippen LogP contribution in [0, 0.1) is 12.8 Å². The number of anilines is 2. The van der Waals surface area contributed by atoms with E-state index < -0.39 is 0 Å². The Labute approximate surface area is 110 Å². The summed E-state index contributed by atoms with van der Waals surface area (Å²) in [6, 6.07) is 4.28. The standard InChI is InChI=1S/C14H23ClN2/c1-5-9(2)6-11(4)17-14-8-12(15)13(16)7-10(14)3/h7-9,11,17H,5-6,16H2,1-4H3. The Hall–Kier alpha value is -0.890.